The highest BCUT2D eigenvalue weighted by Gasteiger charge is 2.56. The minimum absolute atomic E-state index is 0.00444. The van der Waals surface area contributed by atoms with E-state index in [1.807, 2.05) is 12.1 Å². The highest BCUT2D eigenvalue weighted by Crippen LogP contribution is 2.55. The van der Waals surface area contributed by atoms with Crippen LogP contribution in [0.5, 0.6) is 0 Å². The number of benzene rings is 1. The first-order valence-electron chi connectivity index (χ1n) is 4.85. The Kier molecular flexibility index (Phi) is 2.22. The number of Topliss-reactive ketones (excluding diaryl/α,β-unsaturated/α-hetero) is 1. The Labute approximate surface area is 101 Å². The third-order valence-electron chi connectivity index (χ3n) is 2.70. The summed E-state index contributed by atoms with van der Waals surface area (Å²) in [5.74, 6) is 1.74. The number of nitroso groups, excluding NO2 is 1. The predicted octanol–water partition coefficient (Wildman–Crippen LogP) is 2.50. The molecule has 0 bridgehead atoms. The topological polar surface area (TPSA) is 49.7 Å². The van der Waals surface area contributed by atoms with Crippen LogP contribution in [0.3, 0.4) is 0 Å². The number of carbonyl (C=O) groups is 1. The molecule has 1 aromatic carbocycles. The molecule has 1 aromatic rings. The van der Waals surface area contributed by atoms with E-state index in [0.717, 1.165) is 11.5 Å². The van der Waals surface area contributed by atoms with Gasteiger partial charge in [-0.3, -0.25) is 4.79 Å². The maximum absolute atomic E-state index is 12.3. The van der Waals surface area contributed by atoms with Crippen molar-refractivity contribution in [2.45, 2.75) is 4.20 Å². The van der Waals surface area contributed by atoms with Crippen LogP contribution >= 0.6 is 23.5 Å². The minimum Gasteiger partial charge on any atom is -0.289 e. The molecule has 4 nitrogen and oxygen atoms in total. The summed E-state index contributed by atoms with van der Waals surface area (Å²) in [6, 6.07) is 7.14. The van der Waals surface area contributed by atoms with Gasteiger partial charge in [0.1, 0.15) is 0 Å². The molecule has 2 aliphatic heterocycles. The van der Waals surface area contributed by atoms with Gasteiger partial charge >= 0.3 is 0 Å². The van der Waals surface area contributed by atoms with Crippen LogP contribution in [-0.2, 0) is 0 Å². The average molecular weight is 252 g/mol. The number of nitrogens with zero attached hydrogens (tertiary/aromatic N) is 2. The van der Waals surface area contributed by atoms with E-state index in [9.17, 15) is 9.70 Å². The molecule has 0 unspecified atom stereocenters. The largest absolute Gasteiger partial charge is 0.289 e. The number of anilines is 1. The van der Waals surface area contributed by atoms with Gasteiger partial charge in [0.05, 0.1) is 11.0 Å². The Balaban J connectivity index is 2.19. The van der Waals surface area contributed by atoms with Gasteiger partial charge in [0, 0.05) is 17.1 Å². The van der Waals surface area contributed by atoms with Crippen LogP contribution in [0.25, 0.3) is 0 Å². The van der Waals surface area contributed by atoms with Crippen molar-refractivity contribution in [1.82, 2.24) is 0 Å². The maximum atomic E-state index is 12.3. The van der Waals surface area contributed by atoms with Gasteiger partial charge in [0.15, 0.2) is 0 Å². The molecule has 1 spiro atoms. The molecule has 6 heteroatoms. The zero-order chi connectivity index (χ0) is 11.2. The molecule has 1 saturated heterocycles. The second-order valence-corrected chi connectivity index (χ2v) is 6.35. The van der Waals surface area contributed by atoms with Crippen molar-refractivity contribution in [2.75, 3.05) is 16.5 Å². The Morgan fingerprint density at radius 2 is 1.94 bits per heavy atom. The highest BCUT2D eigenvalue weighted by atomic mass is 32.2. The average Bonchev–Trinajstić information content (AvgIpc) is 2.88. The van der Waals surface area contributed by atoms with Gasteiger partial charge in [0.2, 0.25) is 9.99 Å². The van der Waals surface area contributed by atoms with Crippen molar-refractivity contribution in [3.63, 3.8) is 0 Å². The van der Waals surface area contributed by atoms with E-state index in [0.29, 0.717) is 11.3 Å². The smallest absolute Gasteiger partial charge is 0.220 e. The Morgan fingerprint density at radius 3 is 2.62 bits per heavy atom. The summed E-state index contributed by atoms with van der Waals surface area (Å²) in [6.07, 6.45) is 0. The molecule has 3 rings (SSSR count). The molecule has 0 amide bonds. The predicted molar refractivity (Wildman–Crippen MR) is 66.7 cm³/mol. The Morgan fingerprint density at radius 1 is 1.25 bits per heavy atom. The van der Waals surface area contributed by atoms with Crippen LogP contribution in [-0.4, -0.2) is 21.5 Å². The summed E-state index contributed by atoms with van der Waals surface area (Å²) >= 11 is 2.99. The lowest BCUT2D eigenvalue weighted by molar-refractivity contribution is 0.0989. The van der Waals surface area contributed by atoms with Crippen molar-refractivity contribution in [2.24, 2.45) is 5.29 Å². The molecule has 0 aliphatic carbocycles. The minimum atomic E-state index is -0.828. The lowest BCUT2D eigenvalue weighted by atomic mass is 10.1. The van der Waals surface area contributed by atoms with Crippen molar-refractivity contribution in [3.05, 3.63) is 34.7 Å². The second kappa shape index (κ2) is 3.49. The molecule has 0 radical (unpaired) electrons. The van der Waals surface area contributed by atoms with Crippen LogP contribution in [0.15, 0.2) is 29.6 Å². The normalized spacial score (nSPS) is 21.5. The van der Waals surface area contributed by atoms with E-state index < -0.39 is 4.20 Å². The fourth-order valence-electron chi connectivity index (χ4n) is 2.03. The maximum Gasteiger partial charge on any atom is 0.220 e. The van der Waals surface area contributed by atoms with Crippen LogP contribution in [0.2, 0.25) is 0 Å². The van der Waals surface area contributed by atoms with Gasteiger partial charge in [-0.2, -0.15) is 5.01 Å². The summed E-state index contributed by atoms with van der Waals surface area (Å²) < 4.78 is -0.828. The standard InChI is InChI=1S/C10H8N2O2S2/c13-9-7-3-1-2-4-8(7)12(11-14)10(9)15-5-6-16-10/h1-4H,5-6H2. The Bertz CT molecular complexity index is 472. The van der Waals surface area contributed by atoms with Crippen LogP contribution in [0.1, 0.15) is 10.4 Å². The van der Waals surface area contributed by atoms with E-state index in [-0.39, 0.29) is 5.78 Å². The zero-order valence-electron chi connectivity index (χ0n) is 8.25. The number of fused-ring (bicyclic) bond motifs is 1. The first kappa shape index (κ1) is 10.2. The summed E-state index contributed by atoms with van der Waals surface area (Å²) in [5.41, 5.74) is 1.23. The van der Waals surface area contributed by atoms with E-state index in [2.05, 4.69) is 5.29 Å². The number of rotatable bonds is 1. The van der Waals surface area contributed by atoms with Crippen molar-refractivity contribution in [3.8, 4) is 0 Å². The summed E-state index contributed by atoms with van der Waals surface area (Å²) in [4.78, 5) is 23.3. The first-order valence-corrected chi connectivity index (χ1v) is 6.82. The molecule has 0 saturated carbocycles. The number of thioether (sulfide) groups is 2. The SMILES string of the molecule is O=NN1c2ccccc2C(=O)C12SCCS2. The molecule has 2 heterocycles. The van der Waals surface area contributed by atoms with E-state index in [1.165, 1.54) is 28.5 Å². The van der Waals surface area contributed by atoms with Crippen LogP contribution in [0.4, 0.5) is 5.69 Å². The van der Waals surface area contributed by atoms with E-state index in [4.69, 9.17) is 0 Å². The van der Waals surface area contributed by atoms with Crippen molar-refractivity contribution < 1.29 is 4.79 Å². The molecule has 0 N–H and O–H groups in total. The summed E-state index contributed by atoms with van der Waals surface area (Å²) in [5, 5.41) is 4.36. The number of para-hydroxylation sites is 1. The van der Waals surface area contributed by atoms with Gasteiger partial charge in [0.25, 0.3) is 0 Å². The molecule has 82 valence electrons. The summed E-state index contributed by atoms with van der Waals surface area (Å²) in [7, 11) is 0. The second-order valence-electron chi connectivity index (χ2n) is 3.52. The molecule has 16 heavy (non-hydrogen) atoms. The number of carbonyl (C=O) groups excluding carboxylic acids is 1. The number of hydrogen-bond donors (Lipinski definition) is 0. The third-order valence-corrected chi connectivity index (χ3v) is 5.98. The van der Waals surface area contributed by atoms with Crippen LogP contribution in [0, 0.1) is 4.91 Å². The van der Waals surface area contributed by atoms with Gasteiger partial charge in [-0.25, -0.2) is 0 Å². The fourth-order valence-corrected chi connectivity index (χ4v) is 5.07. The molecule has 0 aromatic heterocycles. The third kappa shape index (κ3) is 1.11. The summed E-state index contributed by atoms with van der Waals surface area (Å²) in [6.45, 7) is 0. The Hall–Kier alpha value is -1.01. The zero-order valence-corrected chi connectivity index (χ0v) is 9.88. The van der Waals surface area contributed by atoms with Gasteiger partial charge in [-0.1, -0.05) is 12.1 Å². The molecule has 1 fully saturated rings. The molecule has 0 atom stereocenters. The van der Waals surface area contributed by atoms with Gasteiger partial charge in [-0.05, 0) is 12.1 Å². The van der Waals surface area contributed by atoms with E-state index in [1.54, 1.807) is 12.1 Å². The van der Waals surface area contributed by atoms with Crippen molar-refractivity contribution >= 4 is 35.0 Å². The molecular formula is C10H8N2O2S2. The highest BCUT2D eigenvalue weighted by molar-refractivity contribution is 8.22. The first-order chi connectivity index (χ1) is 7.79. The van der Waals surface area contributed by atoms with E-state index >= 15 is 0 Å². The van der Waals surface area contributed by atoms with Crippen LogP contribution < -0.4 is 5.01 Å². The molecule has 2 aliphatic rings. The van der Waals surface area contributed by atoms with Crippen molar-refractivity contribution in [1.29, 1.82) is 0 Å². The van der Waals surface area contributed by atoms with Gasteiger partial charge in [-0.15, -0.1) is 28.4 Å². The number of hydrogen-bond acceptors (Lipinski definition) is 5. The lowest BCUT2D eigenvalue weighted by Crippen LogP contribution is -2.39. The lowest BCUT2D eigenvalue weighted by Gasteiger charge is -2.25. The fraction of sp³-hybridized carbons (Fsp3) is 0.300. The quantitative estimate of drug-likeness (QED) is 0.719. The molecular weight excluding hydrogens is 244 g/mol. The van der Waals surface area contributed by atoms with Gasteiger partial charge < -0.3 is 0 Å². The monoisotopic (exact) mass is 252 g/mol. The number of ketones is 1.